The van der Waals surface area contributed by atoms with E-state index < -0.39 is 5.97 Å². The number of aliphatic hydroxyl groups is 1. The Morgan fingerprint density at radius 2 is 2.03 bits per heavy atom. The Balaban J connectivity index is 1.58. The summed E-state index contributed by atoms with van der Waals surface area (Å²) in [6.07, 6.45) is 0. The summed E-state index contributed by atoms with van der Waals surface area (Å²) in [6.45, 7) is 2.10. The molecule has 0 atom stereocenters. The van der Waals surface area contributed by atoms with Crippen LogP contribution in [0.15, 0.2) is 53.7 Å². The van der Waals surface area contributed by atoms with Crippen LogP contribution in [0.25, 0.3) is 22.4 Å². The van der Waals surface area contributed by atoms with Gasteiger partial charge >= 0.3 is 5.97 Å². The van der Waals surface area contributed by atoms with Crippen LogP contribution >= 0.6 is 0 Å². The highest BCUT2D eigenvalue weighted by Crippen LogP contribution is 2.26. The number of aromatic nitrogens is 2. The average molecular weight is 406 g/mol. The van der Waals surface area contributed by atoms with E-state index in [1.165, 1.54) is 12.0 Å². The number of hydrogen-bond acceptors (Lipinski definition) is 6. The van der Waals surface area contributed by atoms with Crippen LogP contribution in [-0.4, -0.2) is 58.7 Å². The van der Waals surface area contributed by atoms with Gasteiger partial charge in [0.1, 0.15) is 11.5 Å². The molecule has 0 radical (unpaired) electrons. The lowest BCUT2D eigenvalue weighted by molar-refractivity contribution is -0.136. The Morgan fingerprint density at radius 3 is 2.73 bits per heavy atom. The zero-order chi connectivity index (χ0) is 21.3. The molecule has 0 saturated carbocycles. The Labute approximate surface area is 173 Å². The predicted molar refractivity (Wildman–Crippen MR) is 113 cm³/mol. The first-order chi connectivity index (χ1) is 14.5. The van der Waals surface area contributed by atoms with Crippen molar-refractivity contribution in [1.82, 2.24) is 14.9 Å². The van der Waals surface area contributed by atoms with E-state index >= 15 is 0 Å². The lowest BCUT2D eigenvalue weighted by Gasteiger charge is -2.15. The number of imidazole rings is 1. The summed E-state index contributed by atoms with van der Waals surface area (Å²) < 4.78 is 4.80. The number of fused-ring (bicyclic) bond motifs is 1. The number of nitrogens with one attached hydrogen (secondary N) is 2. The summed E-state index contributed by atoms with van der Waals surface area (Å²) in [5.74, 6) is -0.163. The number of aliphatic hydroxyl groups excluding tert-OH is 1. The molecule has 3 N–H and O–H groups in total. The lowest BCUT2D eigenvalue weighted by atomic mass is 10.2. The van der Waals surface area contributed by atoms with Crippen molar-refractivity contribution in [2.45, 2.75) is 6.92 Å². The molecule has 0 bridgehead atoms. The first-order valence-corrected chi connectivity index (χ1v) is 9.55. The van der Waals surface area contributed by atoms with Crippen LogP contribution in [0.5, 0.6) is 0 Å². The standard InChI is InChI=1S/C22H22N4O4/c1-13-3-8-17-18(11-13)25-20(24-17)14-4-6-15(7-5-14)23-19-16(22(29)30-2)12-26(9-10-27)21(19)28/h3-8,11,23,27H,9-10,12H2,1-2H3,(H,24,25). The Hall–Kier alpha value is -3.65. The molecule has 0 unspecified atom stereocenters. The largest absolute Gasteiger partial charge is 0.466 e. The van der Waals surface area contributed by atoms with Crippen molar-refractivity contribution in [2.24, 2.45) is 0 Å². The fourth-order valence-corrected chi connectivity index (χ4v) is 3.46. The third-order valence-corrected chi connectivity index (χ3v) is 5.02. The molecule has 2 heterocycles. The van der Waals surface area contributed by atoms with Gasteiger partial charge in [-0.3, -0.25) is 4.79 Å². The molecule has 8 nitrogen and oxygen atoms in total. The van der Waals surface area contributed by atoms with Gasteiger partial charge in [0.25, 0.3) is 5.91 Å². The minimum Gasteiger partial charge on any atom is -0.466 e. The highest BCUT2D eigenvalue weighted by atomic mass is 16.5. The maximum Gasteiger partial charge on any atom is 0.337 e. The number of rotatable bonds is 6. The van der Waals surface area contributed by atoms with Crippen LogP contribution in [-0.2, 0) is 14.3 Å². The number of aromatic amines is 1. The number of carbonyl (C=O) groups excluding carboxylic acids is 2. The zero-order valence-electron chi connectivity index (χ0n) is 16.7. The molecule has 154 valence electrons. The van der Waals surface area contributed by atoms with Crippen LogP contribution in [0, 0.1) is 6.92 Å². The Kier molecular flexibility index (Phi) is 5.24. The number of methoxy groups -OCH3 is 1. The van der Waals surface area contributed by atoms with Crippen LogP contribution in [0.4, 0.5) is 5.69 Å². The maximum atomic E-state index is 12.6. The quantitative estimate of drug-likeness (QED) is 0.542. The number of anilines is 1. The van der Waals surface area contributed by atoms with Crippen LogP contribution in [0.1, 0.15) is 5.56 Å². The second-order valence-corrected chi connectivity index (χ2v) is 7.10. The second-order valence-electron chi connectivity index (χ2n) is 7.10. The molecular weight excluding hydrogens is 384 g/mol. The molecule has 8 heteroatoms. The van der Waals surface area contributed by atoms with Crippen molar-refractivity contribution in [3.05, 3.63) is 59.3 Å². The number of nitrogens with zero attached hydrogens (tertiary/aromatic N) is 2. The fraction of sp³-hybridized carbons (Fsp3) is 0.227. The van der Waals surface area contributed by atoms with Crippen LogP contribution in [0.3, 0.4) is 0 Å². The molecule has 2 aromatic carbocycles. The van der Waals surface area contributed by atoms with Crippen molar-refractivity contribution < 1.29 is 19.4 Å². The van der Waals surface area contributed by atoms with E-state index in [-0.39, 0.29) is 36.9 Å². The summed E-state index contributed by atoms with van der Waals surface area (Å²) in [4.78, 5) is 34.0. The van der Waals surface area contributed by atoms with E-state index in [1.54, 1.807) is 0 Å². The summed E-state index contributed by atoms with van der Waals surface area (Å²) >= 11 is 0. The Morgan fingerprint density at radius 1 is 1.27 bits per heavy atom. The maximum absolute atomic E-state index is 12.6. The number of aryl methyl sites for hydroxylation is 1. The van der Waals surface area contributed by atoms with Crippen molar-refractivity contribution in [1.29, 1.82) is 0 Å². The number of carbonyl (C=O) groups is 2. The monoisotopic (exact) mass is 406 g/mol. The smallest absolute Gasteiger partial charge is 0.337 e. The first-order valence-electron chi connectivity index (χ1n) is 9.55. The molecular formula is C22H22N4O4. The van der Waals surface area contributed by atoms with Gasteiger partial charge in [-0.2, -0.15) is 0 Å². The number of H-pyrrole nitrogens is 1. The molecule has 3 aromatic rings. The summed E-state index contributed by atoms with van der Waals surface area (Å²) in [6, 6.07) is 13.4. The van der Waals surface area contributed by atoms with Gasteiger partial charge in [0.05, 0.1) is 36.9 Å². The minimum atomic E-state index is -0.569. The van der Waals surface area contributed by atoms with Gasteiger partial charge in [0.2, 0.25) is 0 Å². The van der Waals surface area contributed by atoms with Gasteiger partial charge in [-0.1, -0.05) is 6.07 Å². The number of hydrogen-bond donors (Lipinski definition) is 3. The molecule has 0 saturated heterocycles. The van der Waals surface area contributed by atoms with Crippen molar-refractivity contribution in [3.63, 3.8) is 0 Å². The van der Waals surface area contributed by atoms with Gasteiger partial charge < -0.3 is 25.0 Å². The van der Waals surface area contributed by atoms with E-state index in [1.807, 2.05) is 49.4 Å². The molecule has 1 aliphatic rings. The first kappa shape index (κ1) is 19.7. The van der Waals surface area contributed by atoms with Crippen molar-refractivity contribution in [2.75, 3.05) is 32.1 Å². The van der Waals surface area contributed by atoms with Gasteiger partial charge in [-0.15, -0.1) is 0 Å². The molecule has 30 heavy (non-hydrogen) atoms. The Bertz CT molecular complexity index is 1150. The van der Waals surface area contributed by atoms with Crippen molar-refractivity contribution >= 4 is 28.6 Å². The number of benzene rings is 2. The van der Waals surface area contributed by atoms with Crippen LogP contribution < -0.4 is 5.32 Å². The fourth-order valence-electron chi connectivity index (χ4n) is 3.46. The molecule has 0 aliphatic carbocycles. The van der Waals surface area contributed by atoms with E-state index in [0.29, 0.717) is 5.69 Å². The molecule has 4 rings (SSSR count). The van der Waals surface area contributed by atoms with Crippen LogP contribution in [0.2, 0.25) is 0 Å². The minimum absolute atomic E-state index is 0.102. The highest BCUT2D eigenvalue weighted by molar-refractivity contribution is 6.08. The highest BCUT2D eigenvalue weighted by Gasteiger charge is 2.34. The van der Waals surface area contributed by atoms with E-state index in [4.69, 9.17) is 9.84 Å². The molecule has 1 aromatic heterocycles. The van der Waals surface area contributed by atoms with E-state index in [2.05, 4.69) is 15.3 Å². The van der Waals surface area contributed by atoms with Gasteiger partial charge in [-0.25, -0.2) is 9.78 Å². The zero-order valence-corrected chi connectivity index (χ0v) is 16.7. The van der Waals surface area contributed by atoms with Gasteiger partial charge in [-0.05, 0) is 48.9 Å². The number of esters is 1. The molecule has 1 aliphatic heterocycles. The predicted octanol–water partition coefficient (Wildman–Crippen LogP) is 2.21. The van der Waals surface area contributed by atoms with Gasteiger partial charge in [0, 0.05) is 17.8 Å². The average Bonchev–Trinajstić information content (AvgIpc) is 3.30. The van der Waals surface area contributed by atoms with E-state index in [0.717, 1.165) is 28.0 Å². The lowest BCUT2D eigenvalue weighted by Crippen LogP contribution is -2.31. The summed E-state index contributed by atoms with van der Waals surface area (Å²) in [5, 5.41) is 12.2. The molecule has 0 spiro atoms. The molecule has 0 fully saturated rings. The number of amides is 1. The van der Waals surface area contributed by atoms with Gasteiger partial charge in [0.15, 0.2) is 0 Å². The number of ether oxygens (including phenoxy) is 1. The third-order valence-electron chi connectivity index (χ3n) is 5.02. The normalized spacial score (nSPS) is 14.0. The topological polar surface area (TPSA) is 108 Å². The third kappa shape index (κ3) is 3.65. The van der Waals surface area contributed by atoms with Crippen molar-refractivity contribution in [3.8, 4) is 11.4 Å². The number of β-amino-alcohol motifs (C(OH)–C–C–N with tert-alkyl or cyclic N) is 1. The molecule has 1 amide bonds. The second kappa shape index (κ2) is 8.00. The van der Waals surface area contributed by atoms with E-state index in [9.17, 15) is 9.59 Å². The SMILES string of the molecule is COC(=O)C1=C(Nc2ccc(-c3nc4ccc(C)cc4[nH]3)cc2)C(=O)N(CCO)C1. The summed E-state index contributed by atoms with van der Waals surface area (Å²) in [7, 11) is 1.27. The summed E-state index contributed by atoms with van der Waals surface area (Å²) in [5.41, 5.74) is 4.99.